The number of nitrogens with zero attached hydrogens (tertiary/aromatic N) is 1. The molecule has 1 heterocycles. The molecule has 3 rings (SSSR count). The fraction of sp³-hybridized carbons (Fsp3) is 0.100. The SMILES string of the molecule is COc1ncccc1CNC(=O)Nc1ccccc1Oc1ccccc1Cl. The number of pyridine rings is 1. The first-order valence-corrected chi connectivity index (χ1v) is 8.59. The average Bonchev–Trinajstić information content (AvgIpc) is 2.70. The third-order valence-corrected chi connectivity index (χ3v) is 3.99. The molecule has 0 aliphatic heterocycles. The molecular weight excluding hydrogens is 366 g/mol. The van der Waals surface area contributed by atoms with Gasteiger partial charge in [-0.05, 0) is 30.3 Å². The number of urea groups is 1. The second kappa shape index (κ2) is 8.91. The summed E-state index contributed by atoms with van der Waals surface area (Å²) in [6.45, 7) is 0.274. The van der Waals surface area contributed by atoms with Gasteiger partial charge in [-0.25, -0.2) is 9.78 Å². The van der Waals surface area contributed by atoms with E-state index >= 15 is 0 Å². The molecule has 7 heteroatoms. The maximum absolute atomic E-state index is 12.3. The molecule has 6 nitrogen and oxygen atoms in total. The minimum Gasteiger partial charge on any atom is -0.481 e. The van der Waals surface area contributed by atoms with Gasteiger partial charge in [-0.1, -0.05) is 41.9 Å². The van der Waals surface area contributed by atoms with Crippen LogP contribution in [-0.4, -0.2) is 18.1 Å². The first-order valence-electron chi connectivity index (χ1n) is 8.21. The number of hydrogen-bond donors (Lipinski definition) is 2. The molecule has 0 saturated heterocycles. The van der Waals surface area contributed by atoms with E-state index < -0.39 is 0 Å². The van der Waals surface area contributed by atoms with Gasteiger partial charge in [-0.2, -0.15) is 0 Å². The maximum atomic E-state index is 12.3. The molecule has 0 radical (unpaired) electrons. The lowest BCUT2D eigenvalue weighted by molar-refractivity contribution is 0.251. The number of para-hydroxylation sites is 3. The topological polar surface area (TPSA) is 72.5 Å². The van der Waals surface area contributed by atoms with Gasteiger partial charge >= 0.3 is 6.03 Å². The highest BCUT2D eigenvalue weighted by Gasteiger charge is 2.11. The molecule has 0 aliphatic rings. The number of methoxy groups -OCH3 is 1. The van der Waals surface area contributed by atoms with Gasteiger partial charge in [0.05, 0.1) is 17.8 Å². The Bertz CT molecular complexity index is 934. The van der Waals surface area contributed by atoms with Gasteiger partial charge in [0.1, 0.15) is 5.75 Å². The summed E-state index contributed by atoms with van der Waals surface area (Å²) in [7, 11) is 1.54. The molecule has 0 fully saturated rings. The van der Waals surface area contributed by atoms with Gasteiger partial charge in [0.2, 0.25) is 5.88 Å². The Balaban J connectivity index is 1.67. The standard InChI is InChI=1S/C20H18ClN3O3/c1-26-19-14(7-6-12-22-19)13-23-20(25)24-16-9-3-5-11-18(16)27-17-10-4-2-8-15(17)21/h2-12H,13H2,1H3,(H2,23,24,25). The Morgan fingerprint density at radius 1 is 1.04 bits per heavy atom. The molecule has 138 valence electrons. The van der Waals surface area contributed by atoms with Crippen molar-refractivity contribution >= 4 is 23.3 Å². The van der Waals surface area contributed by atoms with Crippen molar-refractivity contribution in [2.45, 2.75) is 6.54 Å². The van der Waals surface area contributed by atoms with E-state index in [-0.39, 0.29) is 12.6 Å². The highest BCUT2D eigenvalue weighted by Crippen LogP contribution is 2.33. The van der Waals surface area contributed by atoms with Crippen LogP contribution in [0.15, 0.2) is 66.9 Å². The average molecular weight is 384 g/mol. The quantitative estimate of drug-likeness (QED) is 0.637. The summed E-state index contributed by atoms with van der Waals surface area (Å²) in [4.78, 5) is 16.4. The summed E-state index contributed by atoms with van der Waals surface area (Å²) in [5.41, 5.74) is 1.30. The van der Waals surface area contributed by atoms with Gasteiger partial charge in [0.25, 0.3) is 0 Å². The van der Waals surface area contributed by atoms with Crippen molar-refractivity contribution < 1.29 is 14.3 Å². The zero-order chi connectivity index (χ0) is 19.1. The van der Waals surface area contributed by atoms with Crippen LogP contribution in [-0.2, 0) is 6.54 Å². The van der Waals surface area contributed by atoms with Crippen molar-refractivity contribution in [1.29, 1.82) is 0 Å². The van der Waals surface area contributed by atoms with Crippen LogP contribution >= 0.6 is 11.6 Å². The normalized spacial score (nSPS) is 10.1. The highest BCUT2D eigenvalue weighted by atomic mass is 35.5. The molecule has 0 bridgehead atoms. The molecule has 2 aromatic carbocycles. The van der Waals surface area contributed by atoms with Crippen molar-refractivity contribution in [2.75, 3.05) is 12.4 Å². The molecule has 0 spiro atoms. The number of carbonyl (C=O) groups excluding carboxylic acids is 1. The summed E-state index contributed by atoms with van der Waals surface area (Å²) in [5.74, 6) is 1.47. The summed E-state index contributed by atoms with van der Waals surface area (Å²) in [6, 6.07) is 17.5. The van der Waals surface area contributed by atoms with E-state index in [1.165, 1.54) is 7.11 Å². The lowest BCUT2D eigenvalue weighted by Gasteiger charge is -2.14. The van der Waals surface area contributed by atoms with E-state index in [1.807, 2.05) is 24.3 Å². The highest BCUT2D eigenvalue weighted by molar-refractivity contribution is 6.32. The molecular formula is C20H18ClN3O3. The zero-order valence-corrected chi connectivity index (χ0v) is 15.4. The number of halogens is 1. The zero-order valence-electron chi connectivity index (χ0n) is 14.6. The van der Waals surface area contributed by atoms with Crippen LogP contribution in [0.25, 0.3) is 0 Å². The maximum Gasteiger partial charge on any atom is 0.319 e. The molecule has 1 aromatic heterocycles. The largest absolute Gasteiger partial charge is 0.481 e. The molecule has 0 aliphatic carbocycles. The Hall–Kier alpha value is -3.25. The number of nitrogens with one attached hydrogen (secondary N) is 2. The second-order valence-electron chi connectivity index (χ2n) is 5.51. The van der Waals surface area contributed by atoms with E-state index in [0.717, 1.165) is 5.56 Å². The molecule has 0 saturated carbocycles. The number of carbonyl (C=O) groups is 1. The summed E-state index contributed by atoms with van der Waals surface area (Å²) < 4.78 is 11.0. The lowest BCUT2D eigenvalue weighted by Crippen LogP contribution is -2.28. The third kappa shape index (κ3) is 4.89. The van der Waals surface area contributed by atoms with Crippen molar-refractivity contribution in [3.8, 4) is 17.4 Å². The number of rotatable bonds is 6. The number of benzene rings is 2. The van der Waals surface area contributed by atoms with E-state index in [0.29, 0.717) is 28.1 Å². The number of aromatic nitrogens is 1. The minimum atomic E-state index is -0.379. The van der Waals surface area contributed by atoms with Crippen LogP contribution in [0.2, 0.25) is 5.02 Å². The third-order valence-electron chi connectivity index (χ3n) is 3.67. The molecule has 2 amide bonds. The number of anilines is 1. The molecule has 3 aromatic rings. The Kier molecular flexibility index (Phi) is 6.12. The van der Waals surface area contributed by atoms with Gasteiger partial charge in [-0.3, -0.25) is 0 Å². The smallest absolute Gasteiger partial charge is 0.319 e. The van der Waals surface area contributed by atoms with Crippen LogP contribution in [0.5, 0.6) is 17.4 Å². The van der Waals surface area contributed by atoms with Crippen LogP contribution < -0.4 is 20.1 Å². The molecule has 27 heavy (non-hydrogen) atoms. The predicted molar refractivity (Wildman–Crippen MR) is 105 cm³/mol. The second-order valence-corrected chi connectivity index (χ2v) is 5.92. The summed E-state index contributed by atoms with van der Waals surface area (Å²) in [5, 5.41) is 6.04. The molecule has 0 atom stereocenters. The predicted octanol–water partition coefficient (Wildman–Crippen LogP) is 4.86. The van der Waals surface area contributed by atoms with Crippen LogP contribution in [0, 0.1) is 0 Å². The summed E-state index contributed by atoms with van der Waals surface area (Å²) in [6.07, 6.45) is 1.63. The number of hydrogen-bond acceptors (Lipinski definition) is 4. The lowest BCUT2D eigenvalue weighted by atomic mass is 10.2. The van der Waals surface area contributed by atoms with E-state index in [4.69, 9.17) is 21.1 Å². The number of amides is 2. The molecule has 0 unspecified atom stereocenters. The fourth-order valence-electron chi connectivity index (χ4n) is 2.39. The first-order chi connectivity index (χ1) is 13.2. The van der Waals surface area contributed by atoms with Crippen molar-refractivity contribution in [1.82, 2.24) is 10.3 Å². The van der Waals surface area contributed by atoms with Crippen LogP contribution in [0.4, 0.5) is 10.5 Å². The van der Waals surface area contributed by atoms with Gasteiger partial charge in [0.15, 0.2) is 5.75 Å². The first kappa shape index (κ1) is 18.5. The Morgan fingerprint density at radius 3 is 2.56 bits per heavy atom. The van der Waals surface area contributed by atoms with Crippen molar-refractivity contribution in [3.05, 3.63) is 77.4 Å². The van der Waals surface area contributed by atoms with E-state index in [1.54, 1.807) is 42.6 Å². The van der Waals surface area contributed by atoms with Crippen molar-refractivity contribution in [2.24, 2.45) is 0 Å². The van der Waals surface area contributed by atoms with E-state index in [9.17, 15) is 4.79 Å². The summed E-state index contributed by atoms with van der Waals surface area (Å²) >= 11 is 6.14. The van der Waals surface area contributed by atoms with Gasteiger partial charge in [0, 0.05) is 18.3 Å². The van der Waals surface area contributed by atoms with Crippen LogP contribution in [0.1, 0.15) is 5.56 Å². The Morgan fingerprint density at radius 2 is 1.78 bits per heavy atom. The van der Waals surface area contributed by atoms with Crippen molar-refractivity contribution in [3.63, 3.8) is 0 Å². The Labute approximate surface area is 162 Å². The minimum absolute atomic E-state index is 0.274. The monoisotopic (exact) mass is 383 g/mol. The van der Waals surface area contributed by atoms with E-state index in [2.05, 4.69) is 15.6 Å². The van der Waals surface area contributed by atoms with Gasteiger partial charge < -0.3 is 20.1 Å². The van der Waals surface area contributed by atoms with Crippen LogP contribution in [0.3, 0.4) is 0 Å². The fourth-order valence-corrected chi connectivity index (χ4v) is 2.56. The number of ether oxygens (including phenoxy) is 2. The molecule has 2 N–H and O–H groups in total. The van der Waals surface area contributed by atoms with Gasteiger partial charge in [-0.15, -0.1) is 0 Å².